The summed E-state index contributed by atoms with van der Waals surface area (Å²) in [7, 11) is 3.60. The van der Waals surface area contributed by atoms with Crippen LogP contribution in [0.4, 0.5) is 5.82 Å². The van der Waals surface area contributed by atoms with Crippen molar-refractivity contribution in [2.24, 2.45) is 24.6 Å². The zero-order valence-corrected chi connectivity index (χ0v) is 26.7. The van der Waals surface area contributed by atoms with Gasteiger partial charge in [-0.15, -0.1) is 0 Å². The SMILES string of the molecule is COc1cc(C(=O)N2CC3CCC2[C@@H]3N)cc2nc(-c3cc4ccc(-c5cnc(NC(C)=O)c(CO)c5)nc4n3CC3CC3)n(C)c12. The van der Waals surface area contributed by atoms with E-state index in [0.717, 1.165) is 65.9 Å². The van der Waals surface area contributed by atoms with Crippen molar-refractivity contribution in [2.75, 3.05) is 19.0 Å². The summed E-state index contributed by atoms with van der Waals surface area (Å²) in [4.78, 5) is 41.9. The lowest BCUT2D eigenvalue weighted by molar-refractivity contribution is -0.114. The first-order valence-electron chi connectivity index (χ1n) is 16.2. The number of aryl methyl sites for hydroxylation is 1. The third-order valence-corrected chi connectivity index (χ3v) is 10.2. The average molecular weight is 635 g/mol. The van der Waals surface area contributed by atoms with Crippen molar-refractivity contribution in [2.45, 2.75) is 57.8 Å². The molecule has 5 aromatic rings. The summed E-state index contributed by atoms with van der Waals surface area (Å²) in [6.07, 6.45) is 6.02. The fraction of sp³-hybridized carbons (Fsp3) is 0.400. The van der Waals surface area contributed by atoms with Gasteiger partial charge in [-0.3, -0.25) is 9.59 Å². The second-order valence-corrected chi connectivity index (χ2v) is 13.2. The number of imidazole rings is 1. The summed E-state index contributed by atoms with van der Waals surface area (Å²) in [6, 6.07) is 11.7. The second kappa shape index (κ2) is 11.2. The number of likely N-dealkylation sites (tertiary alicyclic amines) is 1. The maximum Gasteiger partial charge on any atom is 0.254 e. The van der Waals surface area contributed by atoms with Gasteiger partial charge in [0.15, 0.2) is 5.82 Å². The van der Waals surface area contributed by atoms with Gasteiger partial charge in [0.25, 0.3) is 5.91 Å². The largest absolute Gasteiger partial charge is 0.494 e. The molecule has 5 heterocycles. The highest BCUT2D eigenvalue weighted by atomic mass is 16.5. The van der Waals surface area contributed by atoms with Crippen molar-refractivity contribution in [1.82, 2.24) is 29.0 Å². The first-order chi connectivity index (χ1) is 22.7. The van der Waals surface area contributed by atoms with Gasteiger partial charge in [-0.25, -0.2) is 15.0 Å². The minimum atomic E-state index is -0.267. The Morgan fingerprint density at radius 1 is 1.11 bits per heavy atom. The van der Waals surface area contributed by atoms with Crippen LogP contribution in [0.2, 0.25) is 0 Å². The molecule has 3 atom stereocenters. The predicted octanol–water partition coefficient (Wildman–Crippen LogP) is 4.08. The number of anilines is 1. The van der Waals surface area contributed by atoms with E-state index in [1.54, 1.807) is 19.4 Å². The summed E-state index contributed by atoms with van der Waals surface area (Å²) in [5.74, 6) is 2.34. The molecule has 1 aliphatic heterocycles. The van der Waals surface area contributed by atoms with Crippen molar-refractivity contribution < 1.29 is 19.4 Å². The molecular formula is C35H38N8O4. The minimum Gasteiger partial charge on any atom is -0.494 e. The molecule has 2 aliphatic carbocycles. The van der Waals surface area contributed by atoms with Gasteiger partial charge in [-0.05, 0) is 73.9 Å². The van der Waals surface area contributed by atoms with E-state index in [-0.39, 0.29) is 30.5 Å². The van der Waals surface area contributed by atoms with Gasteiger partial charge >= 0.3 is 0 Å². The number of aliphatic hydroxyl groups is 1. The van der Waals surface area contributed by atoms with E-state index >= 15 is 0 Å². The zero-order chi connectivity index (χ0) is 32.6. The Balaban J connectivity index is 1.21. The zero-order valence-electron chi connectivity index (χ0n) is 26.7. The number of pyridine rings is 2. The third kappa shape index (κ3) is 4.94. The average Bonchev–Trinajstić information content (AvgIpc) is 3.47. The lowest BCUT2D eigenvalue weighted by Crippen LogP contribution is -2.41. The van der Waals surface area contributed by atoms with E-state index < -0.39 is 0 Å². The molecule has 8 rings (SSSR count). The van der Waals surface area contributed by atoms with Crippen molar-refractivity contribution in [1.29, 1.82) is 0 Å². The highest BCUT2D eigenvalue weighted by molar-refractivity contribution is 6.00. The molecule has 2 bridgehead atoms. The van der Waals surface area contributed by atoms with Crippen LogP contribution in [0.3, 0.4) is 0 Å². The van der Waals surface area contributed by atoms with Gasteiger partial charge in [-0.2, -0.15) is 0 Å². The quantitative estimate of drug-likeness (QED) is 0.231. The van der Waals surface area contributed by atoms with Gasteiger partial charge in [0, 0.05) is 67.4 Å². The van der Waals surface area contributed by atoms with E-state index in [2.05, 4.69) is 20.9 Å². The molecular weight excluding hydrogens is 596 g/mol. The number of methoxy groups -OCH3 is 1. The van der Waals surface area contributed by atoms with Crippen LogP contribution in [0.15, 0.2) is 42.6 Å². The molecule has 0 radical (unpaired) electrons. The van der Waals surface area contributed by atoms with E-state index in [0.29, 0.717) is 52.3 Å². The highest BCUT2D eigenvalue weighted by Crippen LogP contribution is 2.40. The number of carbonyl (C=O) groups excluding carboxylic acids is 2. The van der Waals surface area contributed by atoms with Gasteiger partial charge in [-0.1, -0.05) is 0 Å². The van der Waals surface area contributed by atoms with E-state index in [9.17, 15) is 14.7 Å². The Hall–Kier alpha value is -4.81. The monoisotopic (exact) mass is 634 g/mol. The van der Waals surface area contributed by atoms with Gasteiger partial charge < -0.3 is 34.9 Å². The molecule has 2 unspecified atom stereocenters. The molecule has 3 aliphatic rings. The number of carbonyl (C=O) groups is 2. The van der Waals surface area contributed by atoms with Crippen molar-refractivity contribution in [3.05, 3.63) is 53.7 Å². The fourth-order valence-electron chi connectivity index (χ4n) is 7.53. The third-order valence-electron chi connectivity index (χ3n) is 10.2. The van der Waals surface area contributed by atoms with E-state index in [1.807, 2.05) is 40.8 Å². The lowest BCUT2D eigenvalue weighted by atomic mass is 10.1. The van der Waals surface area contributed by atoms with Crippen molar-refractivity contribution in [3.63, 3.8) is 0 Å². The van der Waals surface area contributed by atoms with Crippen LogP contribution in [0.5, 0.6) is 5.75 Å². The minimum absolute atomic E-state index is 0.0245. The Morgan fingerprint density at radius 3 is 2.62 bits per heavy atom. The lowest BCUT2D eigenvalue weighted by Gasteiger charge is -2.27. The van der Waals surface area contributed by atoms with E-state index in [4.69, 9.17) is 20.4 Å². The van der Waals surface area contributed by atoms with Gasteiger partial charge in [0.1, 0.15) is 22.7 Å². The van der Waals surface area contributed by atoms with Crippen molar-refractivity contribution in [3.8, 4) is 28.5 Å². The number of aliphatic hydroxyl groups excluding tert-OH is 1. The number of amides is 2. The Bertz CT molecular complexity index is 2080. The van der Waals surface area contributed by atoms with Crippen molar-refractivity contribution >= 4 is 39.7 Å². The summed E-state index contributed by atoms with van der Waals surface area (Å²) in [6.45, 7) is 2.64. The summed E-state index contributed by atoms with van der Waals surface area (Å²) < 4.78 is 10.1. The van der Waals surface area contributed by atoms with E-state index in [1.165, 1.54) is 6.92 Å². The predicted molar refractivity (Wildman–Crippen MR) is 178 cm³/mol. The Labute approximate surface area is 271 Å². The summed E-state index contributed by atoms with van der Waals surface area (Å²) in [5.41, 5.74) is 12.2. The second-order valence-electron chi connectivity index (χ2n) is 13.2. The number of nitrogens with zero attached hydrogens (tertiary/aromatic N) is 6. The number of fused-ring (bicyclic) bond motifs is 4. The fourth-order valence-corrected chi connectivity index (χ4v) is 7.53. The summed E-state index contributed by atoms with van der Waals surface area (Å²) in [5, 5.41) is 13.6. The number of nitrogens with one attached hydrogen (secondary N) is 1. The molecule has 2 amide bonds. The van der Waals surface area contributed by atoms with Crippen LogP contribution in [-0.2, 0) is 25.0 Å². The van der Waals surface area contributed by atoms with Crippen LogP contribution in [0.25, 0.3) is 44.8 Å². The normalized spacial score (nSPS) is 20.4. The number of nitrogens with two attached hydrogens (primary N) is 1. The molecule has 12 nitrogen and oxygen atoms in total. The number of aromatic nitrogens is 5. The summed E-state index contributed by atoms with van der Waals surface area (Å²) >= 11 is 0. The standard InChI is InChI=1S/C35H38N8O4/c1-18(45)38-32-24(17-44)10-23(14-37-32)25-8-6-20-12-28(42(33(20)39-25)15-19-4-5-19)34-40-26-11-22(13-29(47-3)31(26)41(34)2)35(46)43-16-21-7-9-27(43)30(21)36/h6,8,10-14,19,21,27,30,44H,4-5,7,9,15-17,36H2,1-3H3,(H,37,38,45)/t21?,27?,30-/m1/s1. The number of hydrogen-bond acceptors (Lipinski definition) is 8. The van der Waals surface area contributed by atoms with Crippen LogP contribution >= 0.6 is 0 Å². The number of piperidine rings is 1. The van der Waals surface area contributed by atoms with Gasteiger partial charge in [0.2, 0.25) is 5.91 Å². The number of ether oxygens (including phenoxy) is 1. The number of rotatable bonds is 8. The van der Waals surface area contributed by atoms with Crippen LogP contribution in [-0.4, -0.2) is 71.6 Å². The molecule has 4 aromatic heterocycles. The first kappa shape index (κ1) is 29.6. The van der Waals surface area contributed by atoms with Crippen LogP contribution < -0.4 is 15.8 Å². The van der Waals surface area contributed by atoms with Crippen LogP contribution in [0, 0.1) is 11.8 Å². The number of benzene rings is 1. The maximum absolute atomic E-state index is 13.7. The smallest absolute Gasteiger partial charge is 0.254 e. The molecule has 1 saturated heterocycles. The molecule has 1 aromatic carbocycles. The number of hydrogen-bond donors (Lipinski definition) is 3. The topological polar surface area (TPSA) is 153 Å². The molecule has 12 heteroatoms. The molecule has 2 saturated carbocycles. The molecule has 4 N–H and O–H groups in total. The molecule has 3 fully saturated rings. The molecule has 242 valence electrons. The first-order valence-corrected chi connectivity index (χ1v) is 16.2. The molecule has 47 heavy (non-hydrogen) atoms. The van der Waals surface area contributed by atoms with Gasteiger partial charge in [0.05, 0.1) is 30.6 Å². The Morgan fingerprint density at radius 2 is 1.94 bits per heavy atom. The molecule has 0 spiro atoms. The highest BCUT2D eigenvalue weighted by Gasteiger charge is 2.47. The maximum atomic E-state index is 13.7. The van der Waals surface area contributed by atoms with Crippen LogP contribution in [0.1, 0.15) is 48.5 Å². The Kier molecular flexibility index (Phi) is 7.03.